The Kier molecular flexibility index (Phi) is 4.68. The monoisotopic (exact) mass is 483 g/mol. The Hall–Kier alpha value is -3.06. The van der Waals surface area contributed by atoms with Gasteiger partial charge < -0.3 is 9.42 Å². The van der Waals surface area contributed by atoms with Crippen molar-refractivity contribution in [2.45, 2.75) is 58.8 Å². The lowest BCUT2D eigenvalue weighted by Gasteiger charge is -2.46. The maximum Gasteiger partial charge on any atom is 0.187 e. The lowest BCUT2D eigenvalue weighted by atomic mass is 9.63. The van der Waals surface area contributed by atoms with Crippen LogP contribution in [0, 0.1) is 26.2 Å². The van der Waals surface area contributed by atoms with Crippen LogP contribution in [0.2, 0.25) is 0 Å². The van der Waals surface area contributed by atoms with E-state index < -0.39 is 0 Å². The molecule has 0 radical (unpaired) electrons. The van der Waals surface area contributed by atoms with Crippen LogP contribution in [0.15, 0.2) is 35.1 Å². The third-order valence-corrected chi connectivity index (χ3v) is 9.01. The van der Waals surface area contributed by atoms with Crippen LogP contribution in [0.1, 0.15) is 66.2 Å². The molecule has 0 bridgehead atoms. The van der Waals surface area contributed by atoms with Gasteiger partial charge in [-0.15, -0.1) is 0 Å². The molecule has 35 heavy (non-hydrogen) atoms. The van der Waals surface area contributed by atoms with Gasteiger partial charge in [-0.2, -0.15) is 0 Å². The van der Waals surface area contributed by atoms with E-state index in [1.54, 1.807) is 11.3 Å². The SMILES string of the molecule is Cc1ccc2nc(N3CCC4(C=C(c5c(-c6c(C)cncc6C)noc5C5CC5)C4)CC3)sc2n1. The number of pyridine rings is 2. The molecule has 1 saturated carbocycles. The van der Waals surface area contributed by atoms with Crippen molar-refractivity contribution in [1.82, 2.24) is 20.1 Å². The summed E-state index contributed by atoms with van der Waals surface area (Å²) in [5.41, 5.74) is 9.55. The summed E-state index contributed by atoms with van der Waals surface area (Å²) >= 11 is 1.72. The fraction of sp³-hybridized carbons (Fsp3) is 0.429. The normalized spacial score (nSPS) is 19.3. The number of anilines is 1. The van der Waals surface area contributed by atoms with E-state index in [1.807, 2.05) is 25.4 Å². The van der Waals surface area contributed by atoms with E-state index in [4.69, 9.17) is 9.51 Å². The number of piperidine rings is 1. The third kappa shape index (κ3) is 3.51. The fourth-order valence-corrected chi connectivity index (χ4v) is 6.90. The molecule has 0 aromatic carbocycles. The molecule has 3 aliphatic rings. The first-order valence-corrected chi connectivity index (χ1v) is 13.4. The number of aromatic nitrogens is 4. The summed E-state index contributed by atoms with van der Waals surface area (Å²) < 4.78 is 6.00. The van der Waals surface area contributed by atoms with Crippen molar-refractivity contribution in [3.63, 3.8) is 0 Å². The van der Waals surface area contributed by atoms with Crippen LogP contribution in [0.25, 0.3) is 27.2 Å². The van der Waals surface area contributed by atoms with Crippen LogP contribution in [0.3, 0.4) is 0 Å². The van der Waals surface area contributed by atoms with E-state index in [-0.39, 0.29) is 5.41 Å². The van der Waals surface area contributed by atoms with Gasteiger partial charge >= 0.3 is 0 Å². The average molecular weight is 484 g/mol. The number of fused-ring (bicyclic) bond motifs is 1. The van der Waals surface area contributed by atoms with Gasteiger partial charge in [0.15, 0.2) is 5.13 Å². The minimum absolute atomic E-state index is 0.287. The van der Waals surface area contributed by atoms with Crippen LogP contribution in [0.4, 0.5) is 5.13 Å². The molecule has 4 aromatic rings. The predicted octanol–water partition coefficient (Wildman–Crippen LogP) is 6.62. The average Bonchev–Trinajstić information content (AvgIpc) is 3.44. The zero-order valence-corrected chi connectivity index (χ0v) is 21.3. The van der Waals surface area contributed by atoms with Crippen molar-refractivity contribution in [3.8, 4) is 11.3 Å². The number of nitrogens with zero attached hydrogens (tertiary/aromatic N) is 5. The summed E-state index contributed by atoms with van der Waals surface area (Å²) in [6.07, 6.45) is 12.3. The zero-order valence-electron chi connectivity index (χ0n) is 20.5. The van der Waals surface area contributed by atoms with Crippen molar-refractivity contribution in [2.24, 2.45) is 5.41 Å². The molecule has 1 saturated heterocycles. The van der Waals surface area contributed by atoms with Gasteiger partial charge in [0, 0.05) is 48.2 Å². The van der Waals surface area contributed by atoms with Gasteiger partial charge in [-0.05, 0) is 87.1 Å². The third-order valence-electron chi connectivity index (χ3n) is 7.99. The first kappa shape index (κ1) is 21.2. The lowest BCUT2D eigenvalue weighted by Crippen LogP contribution is -2.42. The Morgan fingerprint density at radius 1 is 1.00 bits per heavy atom. The number of aryl methyl sites for hydroxylation is 3. The number of allylic oxidation sites excluding steroid dienone is 2. The highest BCUT2D eigenvalue weighted by molar-refractivity contribution is 7.21. The van der Waals surface area contributed by atoms with Crippen LogP contribution in [0.5, 0.6) is 0 Å². The molecule has 5 heterocycles. The second-order valence-electron chi connectivity index (χ2n) is 10.7. The van der Waals surface area contributed by atoms with Crippen molar-refractivity contribution < 1.29 is 4.52 Å². The molecule has 6 nitrogen and oxygen atoms in total. The van der Waals surface area contributed by atoms with Gasteiger partial charge in [-0.3, -0.25) is 4.98 Å². The van der Waals surface area contributed by atoms with E-state index >= 15 is 0 Å². The van der Waals surface area contributed by atoms with Gasteiger partial charge in [-0.25, -0.2) is 9.97 Å². The maximum atomic E-state index is 6.00. The Balaban J connectivity index is 1.16. The molecule has 0 unspecified atom stereocenters. The van der Waals surface area contributed by atoms with Crippen molar-refractivity contribution in [3.05, 3.63) is 58.7 Å². The van der Waals surface area contributed by atoms with E-state index in [0.717, 1.165) is 76.1 Å². The van der Waals surface area contributed by atoms with Crippen LogP contribution in [-0.4, -0.2) is 33.2 Å². The molecule has 4 aromatic heterocycles. The molecule has 0 amide bonds. The molecule has 2 aliphatic carbocycles. The van der Waals surface area contributed by atoms with Gasteiger partial charge in [0.1, 0.15) is 21.8 Å². The van der Waals surface area contributed by atoms with E-state index in [0.29, 0.717) is 5.92 Å². The molecular formula is C28H29N5OS. The highest BCUT2D eigenvalue weighted by Crippen LogP contribution is 2.56. The molecular weight excluding hydrogens is 454 g/mol. The quantitative estimate of drug-likeness (QED) is 0.325. The second-order valence-corrected chi connectivity index (χ2v) is 11.6. The summed E-state index contributed by atoms with van der Waals surface area (Å²) in [4.78, 5) is 17.4. The Bertz CT molecular complexity index is 1470. The van der Waals surface area contributed by atoms with Crippen LogP contribution < -0.4 is 4.90 Å². The minimum atomic E-state index is 0.287. The first-order chi connectivity index (χ1) is 17.0. The lowest BCUT2D eigenvalue weighted by molar-refractivity contribution is 0.277. The van der Waals surface area contributed by atoms with Crippen molar-refractivity contribution in [1.29, 1.82) is 0 Å². The van der Waals surface area contributed by atoms with E-state index in [9.17, 15) is 0 Å². The Labute approximate surface area is 209 Å². The standard InChI is InChI=1S/C28H29N5OS/c1-16-14-29-15-17(2)22(16)24-23(25(34-32-24)19-5-6-19)20-12-28(13-20)8-10-33(11-9-28)27-31-21-7-4-18(3)30-26(21)35-27/h4,7,12,14-15,19H,5-6,8-11,13H2,1-3H3. The Morgan fingerprint density at radius 3 is 2.46 bits per heavy atom. The van der Waals surface area contributed by atoms with E-state index in [1.165, 1.54) is 29.5 Å². The molecule has 0 N–H and O–H groups in total. The largest absolute Gasteiger partial charge is 0.360 e. The van der Waals surface area contributed by atoms with Crippen molar-refractivity contribution >= 4 is 32.4 Å². The summed E-state index contributed by atoms with van der Waals surface area (Å²) in [5.74, 6) is 1.63. The summed E-state index contributed by atoms with van der Waals surface area (Å²) in [5, 5.41) is 5.73. The molecule has 1 aliphatic heterocycles. The number of thiazole rings is 1. The van der Waals surface area contributed by atoms with Gasteiger partial charge in [0.25, 0.3) is 0 Å². The number of hydrogen-bond donors (Lipinski definition) is 0. The summed E-state index contributed by atoms with van der Waals surface area (Å²) in [6.45, 7) is 8.36. The summed E-state index contributed by atoms with van der Waals surface area (Å²) in [7, 11) is 0. The highest BCUT2D eigenvalue weighted by Gasteiger charge is 2.44. The fourth-order valence-electron chi connectivity index (χ4n) is 5.86. The minimum Gasteiger partial charge on any atom is -0.360 e. The molecule has 178 valence electrons. The highest BCUT2D eigenvalue weighted by atomic mass is 32.1. The van der Waals surface area contributed by atoms with Gasteiger partial charge in [-0.1, -0.05) is 22.6 Å². The van der Waals surface area contributed by atoms with Crippen LogP contribution >= 0.6 is 11.3 Å². The molecule has 2 fully saturated rings. The predicted molar refractivity (Wildman–Crippen MR) is 140 cm³/mol. The zero-order chi connectivity index (χ0) is 23.7. The Morgan fingerprint density at radius 2 is 1.74 bits per heavy atom. The topological polar surface area (TPSA) is 67.9 Å². The van der Waals surface area contributed by atoms with Crippen molar-refractivity contribution in [2.75, 3.05) is 18.0 Å². The molecule has 7 rings (SSSR count). The molecule has 1 spiro atoms. The molecule has 7 heteroatoms. The second kappa shape index (κ2) is 7.72. The van der Waals surface area contributed by atoms with E-state index in [2.05, 4.69) is 46.0 Å². The molecule has 0 atom stereocenters. The first-order valence-electron chi connectivity index (χ1n) is 12.6. The van der Waals surface area contributed by atoms with Gasteiger partial charge in [0.05, 0.1) is 0 Å². The number of hydrogen-bond acceptors (Lipinski definition) is 7. The summed E-state index contributed by atoms with van der Waals surface area (Å²) in [6, 6.07) is 4.13. The maximum absolute atomic E-state index is 6.00. The van der Waals surface area contributed by atoms with Crippen LogP contribution in [-0.2, 0) is 0 Å². The number of rotatable bonds is 4. The smallest absolute Gasteiger partial charge is 0.187 e. The van der Waals surface area contributed by atoms with Gasteiger partial charge in [0.2, 0.25) is 0 Å².